The first-order chi connectivity index (χ1) is 15.9. The molecule has 1 N–H and O–H groups in total. The summed E-state index contributed by atoms with van der Waals surface area (Å²) in [4.78, 5) is 11.4. The van der Waals surface area contributed by atoms with Gasteiger partial charge < -0.3 is 5.32 Å². The third kappa shape index (κ3) is 4.63. The van der Waals surface area contributed by atoms with Gasteiger partial charge in [0, 0.05) is 18.6 Å². The number of hydrogen-bond donors (Lipinski definition) is 1. The maximum atomic E-state index is 13.3. The van der Waals surface area contributed by atoms with Gasteiger partial charge in [-0.1, -0.05) is 23.4 Å². The topological polar surface area (TPSA) is 77.6 Å². The largest absolute Gasteiger partial charge is 0.435 e. The second-order valence-electron chi connectivity index (χ2n) is 7.11. The number of carbonyl (C=O) groups is 1. The summed E-state index contributed by atoms with van der Waals surface area (Å²) in [7, 11) is 0. The molecule has 0 atom stereocenters. The van der Waals surface area contributed by atoms with Crippen LogP contribution < -0.4 is 5.32 Å². The third-order valence-electron chi connectivity index (χ3n) is 4.66. The molecule has 0 aliphatic rings. The lowest BCUT2D eigenvalue weighted by atomic mass is 10.1. The van der Waals surface area contributed by atoms with E-state index < -0.39 is 23.7 Å². The van der Waals surface area contributed by atoms with E-state index in [1.54, 1.807) is 24.3 Å². The first-order valence-electron chi connectivity index (χ1n) is 9.58. The number of halogens is 6. The van der Waals surface area contributed by atoms with Crippen molar-refractivity contribution in [1.82, 2.24) is 24.8 Å². The van der Waals surface area contributed by atoms with Crippen LogP contribution in [0.25, 0.3) is 22.6 Å². The molecule has 0 radical (unpaired) electrons. The van der Waals surface area contributed by atoms with E-state index in [9.17, 15) is 31.1 Å². The molecule has 0 fully saturated rings. The van der Waals surface area contributed by atoms with Crippen LogP contribution in [0.15, 0.2) is 60.8 Å². The van der Waals surface area contributed by atoms with Gasteiger partial charge in [-0.3, -0.25) is 4.79 Å². The molecule has 0 aliphatic carbocycles. The molecule has 0 bridgehead atoms. The van der Waals surface area contributed by atoms with Gasteiger partial charge in [-0.25, -0.2) is 9.36 Å². The number of hydrogen-bond acceptors (Lipinski definition) is 4. The molecule has 1 amide bonds. The molecule has 13 heteroatoms. The molecule has 4 aromatic rings. The van der Waals surface area contributed by atoms with Gasteiger partial charge in [0.2, 0.25) is 5.91 Å². The molecule has 2 heterocycles. The predicted octanol–water partition coefficient (Wildman–Crippen LogP) is 5.12. The number of nitrogens with zero attached hydrogens (tertiary/aromatic N) is 5. The van der Waals surface area contributed by atoms with Crippen LogP contribution in [0.4, 0.5) is 32.0 Å². The maximum Gasteiger partial charge on any atom is 0.435 e. The third-order valence-corrected chi connectivity index (χ3v) is 4.66. The molecular weight excluding hydrogens is 466 g/mol. The number of carbonyl (C=O) groups excluding carboxylic acids is 1. The number of alkyl halides is 6. The van der Waals surface area contributed by atoms with E-state index in [4.69, 9.17) is 0 Å². The molecule has 176 valence electrons. The van der Waals surface area contributed by atoms with E-state index >= 15 is 0 Å². The van der Waals surface area contributed by atoms with Crippen LogP contribution in [0.3, 0.4) is 0 Å². The van der Waals surface area contributed by atoms with Gasteiger partial charge in [0.15, 0.2) is 5.69 Å². The van der Waals surface area contributed by atoms with Gasteiger partial charge in [-0.05, 0) is 30.3 Å². The number of para-hydroxylation sites is 1. The molecule has 0 unspecified atom stereocenters. The number of anilines is 1. The van der Waals surface area contributed by atoms with Crippen molar-refractivity contribution >= 4 is 11.6 Å². The Hall–Kier alpha value is -4.16. The lowest BCUT2D eigenvalue weighted by molar-refractivity contribution is -0.143. The Bertz CT molecular complexity index is 1340. The number of aromatic nitrogens is 5. The number of benzene rings is 2. The van der Waals surface area contributed by atoms with Crippen LogP contribution >= 0.6 is 0 Å². The van der Waals surface area contributed by atoms with Crippen LogP contribution in [0.5, 0.6) is 0 Å². The molecule has 2 aromatic heterocycles. The second kappa shape index (κ2) is 8.32. The van der Waals surface area contributed by atoms with Crippen molar-refractivity contribution in [3.63, 3.8) is 0 Å². The molecule has 0 spiro atoms. The van der Waals surface area contributed by atoms with E-state index in [1.807, 2.05) is 0 Å². The molecule has 0 aliphatic heterocycles. The van der Waals surface area contributed by atoms with Gasteiger partial charge >= 0.3 is 12.4 Å². The fourth-order valence-corrected chi connectivity index (χ4v) is 3.18. The molecule has 0 saturated carbocycles. The average molecular weight is 480 g/mol. The molecule has 34 heavy (non-hydrogen) atoms. The predicted molar refractivity (Wildman–Crippen MR) is 108 cm³/mol. The van der Waals surface area contributed by atoms with Crippen LogP contribution in [-0.4, -0.2) is 30.7 Å². The fraction of sp³-hybridized carbons (Fsp3) is 0.143. The second-order valence-corrected chi connectivity index (χ2v) is 7.11. The highest BCUT2D eigenvalue weighted by Gasteiger charge is 2.42. The van der Waals surface area contributed by atoms with Crippen molar-refractivity contribution < 1.29 is 31.1 Å². The maximum absolute atomic E-state index is 13.3. The zero-order valence-corrected chi connectivity index (χ0v) is 17.2. The minimum atomic E-state index is -5.04. The van der Waals surface area contributed by atoms with Crippen LogP contribution in [-0.2, 0) is 17.1 Å². The summed E-state index contributed by atoms with van der Waals surface area (Å²) < 4.78 is 80.1. The highest BCUT2D eigenvalue weighted by molar-refractivity contribution is 5.93. The number of rotatable bonds is 4. The normalized spacial score (nSPS) is 12.1. The fourth-order valence-electron chi connectivity index (χ4n) is 3.18. The van der Waals surface area contributed by atoms with E-state index in [0.29, 0.717) is 22.6 Å². The van der Waals surface area contributed by atoms with E-state index in [0.717, 1.165) is 0 Å². The van der Waals surface area contributed by atoms with Gasteiger partial charge in [0.25, 0.3) is 0 Å². The summed E-state index contributed by atoms with van der Waals surface area (Å²) in [5.41, 5.74) is -1.52. The molecule has 2 aromatic carbocycles. The standard InChI is InChI=1S/C21H14F6N6O/c1-12(34)28-16-5-3-2-4-15(16)17-11-32(31-29-17)13-6-8-14(9-7-13)33-19(21(25,26)27)10-18(30-33)20(22,23)24/h2-11H,1H3,(H,28,34). The highest BCUT2D eigenvalue weighted by atomic mass is 19.4. The Morgan fingerprint density at radius 3 is 2.18 bits per heavy atom. The highest BCUT2D eigenvalue weighted by Crippen LogP contribution is 2.36. The lowest BCUT2D eigenvalue weighted by Gasteiger charge is -2.10. The Morgan fingerprint density at radius 2 is 1.56 bits per heavy atom. The lowest BCUT2D eigenvalue weighted by Crippen LogP contribution is -2.13. The summed E-state index contributed by atoms with van der Waals surface area (Å²) in [6.45, 7) is 1.36. The number of nitrogens with one attached hydrogen (secondary N) is 1. The van der Waals surface area contributed by atoms with E-state index in [2.05, 4.69) is 20.7 Å². The van der Waals surface area contributed by atoms with Crippen molar-refractivity contribution in [2.24, 2.45) is 0 Å². The zero-order chi connectivity index (χ0) is 24.7. The summed E-state index contributed by atoms with van der Waals surface area (Å²) >= 11 is 0. The van der Waals surface area contributed by atoms with Crippen molar-refractivity contribution in [3.8, 4) is 22.6 Å². The molecular formula is C21H14F6N6O. The molecule has 7 nitrogen and oxygen atoms in total. The van der Waals surface area contributed by atoms with Gasteiger partial charge in [0.05, 0.1) is 23.3 Å². The van der Waals surface area contributed by atoms with Crippen molar-refractivity contribution in [3.05, 3.63) is 72.2 Å². The van der Waals surface area contributed by atoms with Crippen molar-refractivity contribution in [2.45, 2.75) is 19.3 Å². The first-order valence-corrected chi connectivity index (χ1v) is 9.58. The Labute approximate surface area is 187 Å². The summed E-state index contributed by atoms with van der Waals surface area (Å²) in [5.74, 6) is -0.277. The van der Waals surface area contributed by atoms with Crippen LogP contribution in [0, 0.1) is 0 Å². The summed E-state index contributed by atoms with van der Waals surface area (Å²) in [6.07, 6.45) is -8.54. The molecule has 0 saturated heterocycles. The minimum absolute atomic E-state index is 0.0376. The first kappa shape index (κ1) is 23.0. The van der Waals surface area contributed by atoms with Gasteiger partial charge in [-0.2, -0.15) is 31.4 Å². The van der Waals surface area contributed by atoms with E-state index in [1.165, 1.54) is 42.1 Å². The monoisotopic (exact) mass is 480 g/mol. The van der Waals surface area contributed by atoms with Crippen molar-refractivity contribution in [2.75, 3.05) is 5.32 Å². The Morgan fingerprint density at radius 1 is 0.912 bits per heavy atom. The summed E-state index contributed by atoms with van der Waals surface area (Å²) in [5, 5.41) is 13.8. The van der Waals surface area contributed by atoms with Crippen LogP contribution in [0.1, 0.15) is 18.3 Å². The van der Waals surface area contributed by atoms with Crippen molar-refractivity contribution in [1.29, 1.82) is 0 Å². The Balaban J connectivity index is 1.67. The smallest absolute Gasteiger partial charge is 0.326 e. The van der Waals surface area contributed by atoms with Gasteiger partial charge in [0.1, 0.15) is 11.4 Å². The average Bonchev–Trinajstić information content (AvgIpc) is 3.41. The zero-order valence-electron chi connectivity index (χ0n) is 17.2. The molecule has 4 rings (SSSR count). The SMILES string of the molecule is CC(=O)Nc1ccccc1-c1cn(-c2ccc(-n3nc(C(F)(F)F)cc3C(F)(F)F)cc2)nn1. The van der Waals surface area contributed by atoms with E-state index in [-0.39, 0.29) is 22.3 Å². The van der Waals surface area contributed by atoms with Crippen LogP contribution in [0.2, 0.25) is 0 Å². The number of amides is 1. The quantitative estimate of drug-likeness (QED) is 0.412. The minimum Gasteiger partial charge on any atom is -0.326 e. The van der Waals surface area contributed by atoms with Gasteiger partial charge in [-0.15, -0.1) is 5.10 Å². The Kier molecular flexibility index (Phi) is 5.63. The summed E-state index contributed by atoms with van der Waals surface area (Å²) in [6, 6.07) is 11.9.